The molecule has 2 N–H and O–H groups in total. The molecule has 0 saturated carbocycles. The van der Waals surface area contributed by atoms with Gasteiger partial charge in [-0.25, -0.2) is 4.98 Å². The Balaban J connectivity index is 2.25. The fourth-order valence-corrected chi connectivity index (χ4v) is 2.26. The Morgan fingerprint density at radius 2 is 2.17 bits per heavy atom. The molecule has 1 saturated heterocycles. The SMILES string of the molecule is CC1CCN(c2cc([N+](=O)[O-])cc(N)n2)CC1C. The topological polar surface area (TPSA) is 85.3 Å². The molecule has 0 bridgehead atoms. The summed E-state index contributed by atoms with van der Waals surface area (Å²) in [4.78, 5) is 16.7. The highest BCUT2D eigenvalue weighted by molar-refractivity contribution is 5.54. The molecule has 2 rings (SSSR count). The molecule has 0 aliphatic carbocycles. The summed E-state index contributed by atoms with van der Waals surface area (Å²) in [5.74, 6) is 2.05. The third-order valence-corrected chi connectivity index (χ3v) is 3.69. The van der Waals surface area contributed by atoms with E-state index in [4.69, 9.17) is 5.73 Å². The van der Waals surface area contributed by atoms with Gasteiger partial charge in [-0.3, -0.25) is 10.1 Å². The maximum atomic E-state index is 10.8. The van der Waals surface area contributed by atoms with Crippen molar-refractivity contribution in [2.24, 2.45) is 11.8 Å². The maximum Gasteiger partial charge on any atom is 0.276 e. The number of hydrogen-bond acceptors (Lipinski definition) is 5. The molecule has 0 spiro atoms. The van der Waals surface area contributed by atoms with Crippen molar-refractivity contribution in [1.82, 2.24) is 4.98 Å². The van der Waals surface area contributed by atoms with Crippen LogP contribution in [-0.4, -0.2) is 23.0 Å². The molecular formula is C12H18N4O2. The molecular weight excluding hydrogens is 232 g/mol. The second-order valence-electron chi connectivity index (χ2n) is 5.05. The summed E-state index contributed by atoms with van der Waals surface area (Å²) < 4.78 is 0. The minimum Gasteiger partial charge on any atom is -0.383 e. The molecule has 0 amide bonds. The molecule has 1 aromatic rings. The number of nitrogens with zero attached hydrogens (tertiary/aromatic N) is 3. The molecule has 6 nitrogen and oxygen atoms in total. The van der Waals surface area contributed by atoms with E-state index in [9.17, 15) is 10.1 Å². The van der Waals surface area contributed by atoms with E-state index in [1.165, 1.54) is 12.1 Å². The number of nitro groups is 1. The Kier molecular flexibility index (Phi) is 3.36. The number of rotatable bonds is 2. The number of hydrogen-bond donors (Lipinski definition) is 1. The zero-order valence-electron chi connectivity index (χ0n) is 10.7. The van der Waals surface area contributed by atoms with Crippen LogP contribution < -0.4 is 10.6 Å². The maximum absolute atomic E-state index is 10.8. The summed E-state index contributed by atoms with van der Waals surface area (Å²) in [6.07, 6.45) is 1.07. The first-order valence-corrected chi connectivity index (χ1v) is 6.14. The Labute approximate surface area is 106 Å². The van der Waals surface area contributed by atoms with Gasteiger partial charge in [-0.2, -0.15) is 0 Å². The minimum absolute atomic E-state index is 0.00350. The first-order valence-electron chi connectivity index (χ1n) is 6.14. The zero-order valence-corrected chi connectivity index (χ0v) is 10.7. The molecule has 2 unspecified atom stereocenters. The average Bonchev–Trinajstić information content (AvgIpc) is 2.31. The lowest BCUT2D eigenvalue weighted by Crippen LogP contribution is -2.38. The van der Waals surface area contributed by atoms with Crippen LogP contribution >= 0.6 is 0 Å². The Morgan fingerprint density at radius 1 is 1.44 bits per heavy atom. The molecule has 2 heterocycles. The predicted octanol–water partition coefficient (Wildman–Crippen LogP) is 2.05. The van der Waals surface area contributed by atoms with Crippen LogP contribution in [0.25, 0.3) is 0 Å². The molecule has 0 aromatic carbocycles. The van der Waals surface area contributed by atoms with Gasteiger partial charge in [0.1, 0.15) is 11.6 Å². The number of piperidine rings is 1. The monoisotopic (exact) mass is 250 g/mol. The van der Waals surface area contributed by atoms with Crippen molar-refractivity contribution in [3.63, 3.8) is 0 Å². The number of nitrogen functional groups attached to an aromatic ring is 1. The van der Waals surface area contributed by atoms with Gasteiger partial charge >= 0.3 is 0 Å². The van der Waals surface area contributed by atoms with Crippen molar-refractivity contribution in [3.8, 4) is 0 Å². The Bertz CT molecular complexity index is 463. The van der Waals surface area contributed by atoms with Crippen molar-refractivity contribution in [2.45, 2.75) is 20.3 Å². The van der Waals surface area contributed by atoms with E-state index in [1.54, 1.807) is 0 Å². The lowest BCUT2D eigenvalue weighted by molar-refractivity contribution is -0.384. The van der Waals surface area contributed by atoms with Gasteiger partial charge in [0.05, 0.1) is 17.1 Å². The van der Waals surface area contributed by atoms with E-state index < -0.39 is 4.92 Å². The van der Waals surface area contributed by atoms with Gasteiger partial charge in [-0.05, 0) is 18.3 Å². The average molecular weight is 250 g/mol. The molecule has 6 heteroatoms. The normalized spacial score (nSPS) is 24.0. The van der Waals surface area contributed by atoms with Crippen LogP contribution in [0.4, 0.5) is 17.3 Å². The largest absolute Gasteiger partial charge is 0.383 e. The smallest absolute Gasteiger partial charge is 0.276 e. The summed E-state index contributed by atoms with van der Waals surface area (Å²) in [7, 11) is 0. The zero-order chi connectivity index (χ0) is 13.3. The molecule has 1 fully saturated rings. The van der Waals surface area contributed by atoms with Crippen LogP contribution in [0.5, 0.6) is 0 Å². The fourth-order valence-electron chi connectivity index (χ4n) is 2.26. The van der Waals surface area contributed by atoms with E-state index in [-0.39, 0.29) is 11.5 Å². The molecule has 0 radical (unpaired) electrons. The number of aromatic nitrogens is 1. The van der Waals surface area contributed by atoms with Crippen molar-refractivity contribution < 1.29 is 4.92 Å². The summed E-state index contributed by atoms with van der Waals surface area (Å²) >= 11 is 0. The summed E-state index contributed by atoms with van der Waals surface area (Å²) in [6.45, 7) is 6.17. The van der Waals surface area contributed by atoms with Crippen LogP contribution in [0.2, 0.25) is 0 Å². The van der Waals surface area contributed by atoms with Crippen LogP contribution in [0, 0.1) is 22.0 Å². The highest BCUT2D eigenvalue weighted by atomic mass is 16.6. The standard InChI is InChI=1S/C12H18N4O2/c1-8-3-4-15(7-9(8)2)12-6-10(16(17)18)5-11(13)14-12/h5-6,8-9H,3-4,7H2,1-2H3,(H2,13,14). The van der Waals surface area contributed by atoms with Gasteiger partial charge in [0.15, 0.2) is 0 Å². The lowest BCUT2D eigenvalue weighted by Gasteiger charge is -2.35. The highest BCUT2D eigenvalue weighted by Gasteiger charge is 2.24. The molecule has 1 aliphatic heterocycles. The second kappa shape index (κ2) is 4.80. The van der Waals surface area contributed by atoms with Gasteiger partial charge < -0.3 is 10.6 Å². The van der Waals surface area contributed by atoms with Crippen molar-refractivity contribution in [2.75, 3.05) is 23.7 Å². The molecule has 1 aromatic heterocycles. The summed E-state index contributed by atoms with van der Waals surface area (Å²) in [5, 5.41) is 10.8. The van der Waals surface area contributed by atoms with Crippen LogP contribution in [-0.2, 0) is 0 Å². The first kappa shape index (κ1) is 12.6. The van der Waals surface area contributed by atoms with E-state index in [0.717, 1.165) is 19.5 Å². The molecule has 18 heavy (non-hydrogen) atoms. The summed E-state index contributed by atoms with van der Waals surface area (Å²) in [5.41, 5.74) is 5.63. The van der Waals surface area contributed by atoms with Crippen LogP contribution in [0.15, 0.2) is 12.1 Å². The van der Waals surface area contributed by atoms with Gasteiger partial charge in [0, 0.05) is 13.1 Å². The Morgan fingerprint density at radius 3 is 2.78 bits per heavy atom. The van der Waals surface area contributed by atoms with Crippen molar-refractivity contribution in [1.29, 1.82) is 0 Å². The van der Waals surface area contributed by atoms with Gasteiger partial charge in [-0.15, -0.1) is 0 Å². The van der Waals surface area contributed by atoms with Crippen molar-refractivity contribution in [3.05, 3.63) is 22.2 Å². The molecule has 98 valence electrons. The lowest BCUT2D eigenvalue weighted by atomic mass is 9.89. The van der Waals surface area contributed by atoms with Crippen LogP contribution in [0.1, 0.15) is 20.3 Å². The van der Waals surface area contributed by atoms with Gasteiger partial charge in [0.2, 0.25) is 0 Å². The summed E-state index contributed by atoms with van der Waals surface area (Å²) in [6, 6.07) is 2.79. The predicted molar refractivity (Wildman–Crippen MR) is 70.5 cm³/mol. The van der Waals surface area contributed by atoms with Gasteiger partial charge in [0.25, 0.3) is 5.69 Å². The third kappa shape index (κ3) is 2.52. The second-order valence-corrected chi connectivity index (χ2v) is 5.05. The fraction of sp³-hybridized carbons (Fsp3) is 0.583. The number of nitrogens with two attached hydrogens (primary N) is 1. The van der Waals surface area contributed by atoms with E-state index in [2.05, 4.69) is 23.7 Å². The Hall–Kier alpha value is -1.85. The van der Waals surface area contributed by atoms with Gasteiger partial charge in [-0.1, -0.05) is 13.8 Å². The third-order valence-electron chi connectivity index (χ3n) is 3.69. The first-order chi connectivity index (χ1) is 8.47. The van der Waals surface area contributed by atoms with Crippen LogP contribution in [0.3, 0.4) is 0 Å². The number of anilines is 2. The van der Waals surface area contributed by atoms with E-state index in [1.807, 2.05) is 0 Å². The van der Waals surface area contributed by atoms with Crippen molar-refractivity contribution >= 4 is 17.3 Å². The van der Waals surface area contributed by atoms with E-state index >= 15 is 0 Å². The minimum atomic E-state index is -0.433. The molecule has 2 atom stereocenters. The molecule has 1 aliphatic rings. The van der Waals surface area contributed by atoms with E-state index in [0.29, 0.717) is 17.7 Å². The number of pyridine rings is 1. The highest BCUT2D eigenvalue weighted by Crippen LogP contribution is 2.28. The quantitative estimate of drug-likeness (QED) is 0.641.